The van der Waals surface area contributed by atoms with Gasteiger partial charge in [-0.25, -0.2) is 10.8 Å². The fourth-order valence-electron chi connectivity index (χ4n) is 2.43. The number of nitrogens with zero attached hydrogens (tertiary/aromatic N) is 3. The summed E-state index contributed by atoms with van der Waals surface area (Å²) in [6.07, 6.45) is 0. The molecule has 4 N–H and O–H groups in total. The number of piperazine rings is 1. The van der Waals surface area contributed by atoms with Gasteiger partial charge in [-0.15, -0.1) is 11.3 Å². The fourth-order valence-corrected chi connectivity index (χ4v) is 3.14. The number of nitrogens with one attached hydrogen (secondary N) is 1. The molecule has 8 heteroatoms. The Bertz CT molecular complexity index is 477. The number of nitrogen functional groups attached to an aromatic ring is 1. The predicted octanol–water partition coefficient (Wildman–Crippen LogP) is -0.365. The first-order chi connectivity index (χ1) is 9.87. The van der Waals surface area contributed by atoms with E-state index in [0.717, 1.165) is 38.4 Å². The van der Waals surface area contributed by atoms with E-state index in [1.807, 2.05) is 19.2 Å². The second-order valence-electron chi connectivity index (χ2n) is 5.98. The Morgan fingerprint density at radius 2 is 2.05 bits per heavy atom. The first kappa shape index (κ1) is 16.3. The van der Waals surface area contributed by atoms with Crippen LogP contribution < -0.4 is 11.3 Å². The number of hydrazine groups is 1. The van der Waals surface area contributed by atoms with Crippen molar-refractivity contribution in [3.8, 4) is 0 Å². The first-order valence-corrected chi connectivity index (χ1v) is 7.88. The van der Waals surface area contributed by atoms with Gasteiger partial charge in [0.15, 0.2) is 5.01 Å². The van der Waals surface area contributed by atoms with Crippen LogP contribution in [0, 0.1) is 0 Å². The van der Waals surface area contributed by atoms with Gasteiger partial charge in [0.05, 0.1) is 11.3 Å². The number of carbonyl (C=O) groups excluding carboxylic acids is 1. The van der Waals surface area contributed by atoms with Gasteiger partial charge < -0.3 is 5.11 Å². The van der Waals surface area contributed by atoms with Crippen LogP contribution in [0.4, 0.5) is 0 Å². The van der Waals surface area contributed by atoms with Gasteiger partial charge in [0.25, 0.3) is 5.91 Å². The van der Waals surface area contributed by atoms with Gasteiger partial charge in [0.1, 0.15) is 0 Å². The van der Waals surface area contributed by atoms with E-state index in [9.17, 15) is 9.90 Å². The van der Waals surface area contributed by atoms with Crippen molar-refractivity contribution in [3.63, 3.8) is 0 Å². The van der Waals surface area contributed by atoms with Crippen molar-refractivity contribution >= 4 is 17.2 Å². The Hall–Kier alpha value is -1.06. The average molecular weight is 313 g/mol. The molecule has 0 aliphatic carbocycles. The van der Waals surface area contributed by atoms with Crippen LogP contribution in [0.3, 0.4) is 0 Å². The van der Waals surface area contributed by atoms with E-state index in [1.54, 1.807) is 0 Å². The summed E-state index contributed by atoms with van der Waals surface area (Å²) in [5, 5.41) is 12.1. The number of rotatable bonds is 5. The number of hydrogen-bond donors (Lipinski definition) is 3. The van der Waals surface area contributed by atoms with Gasteiger partial charge in [0.2, 0.25) is 0 Å². The van der Waals surface area contributed by atoms with Crippen LogP contribution in [0.2, 0.25) is 0 Å². The van der Waals surface area contributed by atoms with Crippen molar-refractivity contribution in [1.82, 2.24) is 20.2 Å². The lowest BCUT2D eigenvalue weighted by atomic mass is 10.1. The van der Waals surface area contributed by atoms with Crippen molar-refractivity contribution in [2.75, 3.05) is 32.7 Å². The molecule has 21 heavy (non-hydrogen) atoms. The van der Waals surface area contributed by atoms with Gasteiger partial charge in [0, 0.05) is 44.6 Å². The third kappa shape index (κ3) is 5.01. The SMILES string of the molecule is CC(C)(O)CN1CCN(Cc2csc(C(=O)NN)n2)CC1. The molecule has 0 unspecified atom stereocenters. The van der Waals surface area contributed by atoms with Crippen molar-refractivity contribution in [2.24, 2.45) is 5.84 Å². The highest BCUT2D eigenvalue weighted by atomic mass is 32.1. The summed E-state index contributed by atoms with van der Waals surface area (Å²) in [5.41, 5.74) is 2.34. The number of aliphatic hydroxyl groups is 1. The van der Waals surface area contributed by atoms with Crippen LogP contribution >= 0.6 is 11.3 Å². The summed E-state index contributed by atoms with van der Waals surface area (Å²) >= 11 is 1.31. The molecule has 0 bridgehead atoms. The number of nitrogens with two attached hydrogens (primary N) is 1. The minimum absolute atomic E-state index is 0.346. The second-order valence-corrected chi connectivity index (χ2v) is 6.84. The van der Waals surface area contributed by atoms with Crippen molar-refractivity contribution in [3.05, 3.63) is 16.1 Å². The summed E-state index contributed by atoms with van der Waals surface area (Å²) in [4.78, 5) is 20.2. The predicted molar refractivity (Wildman–Crippen MR) is 81.8 cm³/mol. The third-order valence-corrected chi connectivity index (χ3v) is 4.23. The zero-order chi connectivity index (χ0) is 15.5. The number of thiazole rings is 1. The third-order valence-electron chi connectivity index (χ3n) is 3.34. The largest absolute Gasteiger partial charge is 0.389 e. The molecule has 118 valence electrons. The Kier molecular flexibility index (Phi) is 5.28. The Balaban J connectivity index is 1.81. The van der Waals surface area contributed by atoms with E-state index in [-0.39, 0.29) is 5.91 Å². The molecule has 1 aliphatic heterocycles. The van der Waals surface area contributed by atoms with Gasteiger partial charge in [-0.2, -0.15) is 0 Å². The van der Waals surface area contributed by atoms with Crippen molar-refractivity contribution in [1.29, 1.82) is 0 Å². The van der Waals surface area contributed by atoms with Gasteiger partial charge in [-0.1, -0.05) is 0 Å². The monoisotopic (exact) mass is 313 g/mol. The maximum Gasteiger partial charge on any atom is 0.294 e. The molecule has 1 aliphatic rings. The maximum absolute atomic E-state index is 11.4. The summed E-state index contributed by atoms with van der Waals surface area (Å²) in [6.45, 7) is 8.84. The van der Waals surface area contributed by atoms with Crippen LogP contribution in [-0.2, 0) is 6.54 Å². The van der Waals surface area contributed by atoms with Crippen LogP contribution in [0.25, 0.3) is 0 Å². The van der Waals surface area contributed by atoms with Crippen LogP contribution in [0.15, 0.2) is 5.38 Å². The number of amides is 1. The molecule has 1 aromatic heterocycles. The molecule has 1 amide bonds. The summed E-state index contributed by atoms with van der Waals surface area (Å²) in [6, 6.07) is 0. The fraction of sp³-hybridized carbons (Fsp3) is 0.692. The number of hydrogen-bond acceptors (Lipinski definition) is 7. The van der Waals surface area contributed by atoms with Crippen LogP contribution in [0.5, 0.6) is 0 Å². The lowest BCUT2D eigenvalue weighted by molar-refractivity contribution is 0.0165. The quantitative estimate of drug-likeness (QED) is 0.390. The maximum atomic E-state index is 11.4. The number of carbonyl (C=O) groups is 1. The van der Waals surface area contributed by atoms with E-state index in [0.29, 0.717) is 11.6 Å². The number of β-amino-alcohol motifs (C(OH)–C–C–N with tert-alkyl or cyclic N) is 1. The molecule has 0 aromatic carbocycles. The summed E-state index contributed by atoms with van der Waals surface area (Å²) in [5.74, 6) is 4.75. The van der Waals surface area contributed by atoms with Gasteiger partial charge in [-0.05, 0) is 13.8 Å². The van der Waals surface area contributed by atoms with E-state index in [2.05, 4.69) is 20.2 Å². The minimum Gasteiger partial charge on any atom is -0.389 e. The van der Waals surface area contributed by atoms with Crippen molar-refractivity contribution in [2.45, 2.75) is 26.0 Å². The smallest absolute Gasteiger partial charge is 0.294 e. The van der Waals surface area contributed by atoms with E-state index < -0.39 is 5.60 Å². The Labute approximate surface area is 128 Å². The standard InChI is InChI=1S/C13H23N5O2S/c1-13(2,20)9-18-5-3-17(4-6-18)7-10-8-21-12(15-10)11(19)16-14/h8,20H,3-7,9,14H2,1-2H3,(H,16,19). The zero-order valence-corrected chi connectivity index (χ0v) is 13.3. The summed E-state index contributed by atoms with van der Waals surface area (Å²) < 4.78 is 0. The molecule has 7 nitrogen and oxygen atoms in total. The van der Waals surface area contributed by atoms with E-state index >= 15 is 0 Å². The molecule has 0 spiro atoms. The van der Waals surface area contributed by atoms with Crippen molar-refractivity contribution < 1.29 is 9.90 Å². The average Bonchev–Trinajstić information content (AvgIpc) is 2.87. The van der Waals surface area contributed by atoms with Crippen LogP contribution in [-0.4, -0.2) is 64.1 Å². The molecule has 0 saturated carbocycles. The van der Waals surface area contributed by atoms with E-state index in [1.165, 1.54) is 11.3 Å². The van der Waals surface area contributed by atoms with E-state index in [4.69, 9.17) is 5.84 Å². The minimum atomic E-state index is -0.651. The molecule has 2 rings (SSSR count). The topological polar surface area (TPSA) is 94.7 Å². The molecule has 1 saturated heterocycles. The molecule has 0 radical (unpaired) electrons. The van der Waals surface area contributed by atoms with Gasteiger partial charge >= 0.3 is 0 Å². The second kappa shape index (κ2) is 6.80. The first-order valence-electron chi connectivity index (χ1n) is 7.00. The highest BCUT2D eigenvalue weighted by Gasteiger charge is 2.23. The Morgan fingerprint density at radius 3 is 2.62 bits per heavy atom. The molecule has 0 atom stereocenters. The molecular weight excluding hydrogens is 290 g/mol. The molecule has 2 heterocycles. The Morgan fingerprint density at radius 1 is 1.43 bits per heavy atom. The van der Waals surface area contributed by atoms with Crippen LogP contribution in [0.1, 0.15) is 29.3 Å². The highest BCUT2D eigenvalue weighted by Crippen LogP contribution is 2.14. The molecule has 1 aromatic rings. The number of aromatic nitrogens is 1. The van der Waals surface area contributed by atoms with Gasteiger partial charge in [-0.3, -0.25) is 20.0 Å². The normalized spacial score (nSPS) is 17.9. The lowest BCUT2D eigenvalue weighted by Gasteiger charge is -2.37. The summed E-state index contributed by atoms with van der Waals surface area (Å²) in [7, 11) is 0. The highest BCUT2D eigenvalue weighted by molar-refractivity contribution is 7.11. The lowest BCUT2D eigenvalue weighted by Crippen LogP contribution is -2.50. The molecule has 1 fully saturated rings. The zero-order valence-electron chi connectivity index (χ0n) is 12.5. The molecular formula is C13H23N5O2S.